The van der Waals surface area contributed by atoms with Gasteiger partial charge in [0.25, 0.3) is 0 Å². The van der Waals surface area contributed by atoms with Gasteiger partial charge < -0.3 is 15.0 Å². The molecule has 1 N–H and O–H groups in total. The molecule has 3 aliphatic heterocycles. The maximum Gasteiger partial charge on any atom is 0.410 e. The van der Waals surface area contributed by atoms with E-state index in [9.17, 15) is 4.79 Å². The lowest BCUT2D eigenvalue weighted by molar-refractivity contribution is 0.0140. The van der Waals surface area contributed by atoms with E-state index in [4.69, 9.17) is 4.74 Å². The van der Waals surface area contributed by atoms with Gasteiger partial charge in [0.1, 0.15) is 5.60 Å². The lowest BCUT2D eigenvalue weighted by Gasteiger charge is -2.41. The SMILES string of the molecule is CC(C)(C)OC(=O)N1CCC(C2CCC3CCC2N3)CC1. The molecule has 3 unspecified atom stereocenters. The zero-order chi connectivity index (χ0) is 15.0. The Balaban J connectivity index is 1.50. The van der Waals surface area contributed by atoms with Crippen molar-refractivity contribution >= 4 is 6.09 Å². The minimum Gasteiger partial charge on any atom is -0.444 e. The molecule has 3 heterocycles. The predicted octanol–water partition coefficient (Wildman–Crippen LogP) is 3.16. The number of carbonyl (C=O) groups excluding carboxylic acids is 1. The topological polar surface area (TPSA) is 41.6 Å². The quantitative estimate of drug-likeness (QED) is 0.807. The van der Waals surface area contributed by atoms with Gasteiger partial charge in [-0.3, -0.25) is 0 Å². The normalized spacial score (nSPS) is 34.0. The van der Waals surface area contributed by atoms with Gasteiger partial charge >= 0.3 is 6.09 Å². The third-order valence-corrected chi connectivity index (χ3v) is 5.44. The minimum atomic E-state index is -0.389. The second-order valence-corrected chi connectivity index (χ2v) is 8.09. The van der Waals surface area contributed by atoms with E-state index in [1.807, 2.05) is 25.7 Å². The van der Waals surface area contributed by atoms with Crippen LogP contribution >= 0.6 is 0 Å². The van der Waals surface area contributed by atoms with Crippen LogP contribution in [-0.4, -0.2) is 41.8 Å². The van der Waals surface area contributed by atoms with Crippen LogP contribution in [0.4, 0.5) is 4.79 Å². The number of nitrogens with zero attached hydrogens (tertiary/aromatic N) is 1. The standard InChI is InChI=1S/C17H30N2O2/c1-17(2,3)21-16(20)19-10-8-12(9-11-19)14-6-4-13-5-7-15(14)18-13/h12-15,18H,4-11H2,1-3H3. The van der Waals surface area contributed by atoms with Crippen molar-refractivity contribution in [3.8, 4) is 0 Å². The second kappa shape index (κ2) is 5.79. The molecule has 1 amide bonds. The Kier molecular flexibility index (Phi) is 4.17. The van der Waals surface area contributed by atoms with Crippen LogP contribution in [0, 0.1) is 11.8 Å². The van der Waals surface area contributed by atoms with Gasteiger partial charge in [0.15, 0.2) is 0 Å². The van der Waals surface area contributed by atoms with Gasteiger partial charge in [-0.25, -0.2) is 4.79 Å². The van der Waals surface area contributed by atoms with E-state index in [0.717, 1.165) is 49.9 Å². The van der Waals surface area contributed by atoms with E-state index in [2.05, 4.69) is 5.32 Å². The highest BCUT2D eigenvalue weighted by Gasteiger charge is 2.40. The molecule has 3 rings (SSSR count). The summed E-state index contributed by atoms with van der Waals surface area (Å²) in [6.45, 7) is 7.53. The summed E-state index contributed by atoms with van der Waals surface area (Å²) in [4.78, 5) is 14.0. The molecular formula is C17H30N2O2. The number of amides is 1. The summed E-state index contributed by atoms with van der Waals surface area (Å²) in [5, 5.41) is 3.80. The number of likely N-dealkylation sites (tertiary alicyclic amines) is 1. The van der Waals surface area contributed by atoms with Crippen LogP contribution in [0.25, 0.3) is 0 Å². The molecule has 3 saturated heterocycles. The zero-order valence-electron chi connectivity index (χ0n) is 13.7. The number of ether oxygens (including phenoxy) is 1. The van der Waals surface area contributed by atoms with E-state index in [0.29, 0.717) is 0 Å². The van der Waals surface area contributed by atoms with E-state index >= 15 is 0 Å². The smallest absolute Gasteiger partial charge is 0.410 e. The first-order chi connectivity index (χ1) is 9.92. The highest BCUT2D eigenvalue weighted by molar-refractivity contribution is 5.68. The third kappa shape index (κ3) is 3.53. The number of fused-ring (bicyclic) bond motifs is 2. The van der Waals surface area contributed by atoms with E-state index in [1.165, 1.54) is 25.7 Å². The van der Waals surface area contributed by atoms with Crippen molar-refractivity contribution in [1.82, 2.24) is 10.2 Å². The molecule has 21 heavy (non-hydrogen) atoms. The van der Waals surface area contributed by atoms with E-state index in [-0.39, 0.29) is 11.7 Å². The van der Waals surface area contributed by atoms with Crippen molar-refractivity contribution in [1.29, 1.82) is 0 Å². The van der Waals surface area contributed by atoms with Crippen LogP contribution < -0.4 is 5.32 Å². The van der Waals surface area contributed by atoms with Crippen molar-refractivity contribution in [2.45, 2.75) is 77.0 Å². The minimum absolute atomic E-state index is 0.136. The van der Waals surface area contributed by atoms with Gasteiger partial charge in [-0.1, -0.05) is 0 Å². The first kappa shape index (κ1) is 15.1. The lowest BCUT2D eigenvalue weighted by Crippen LogP contribution is -2.47. The number of hydrogen-bond donors (Lipinski definition) is 1. The van der Waals surface area contributed by atoms with Gasteiger partial charge in [-0.05, 0) is 71.1 Å². The van der Waals surface area contributed by atoms with Crippen LogP contribution in [0.1, 0.15) is 59.3 Å². The highest BCUT2D eigenvalue weighted by Crippen LogP contribution is 2.39. The molecule has 0 aliphatic carbocycles. The average Bonchev–Trinajstić information content (AvgIpc) is 2.79. The average molecular weight is 294 g/mol. The van der Waals surface area contributed by atoms with Gasteiger partial charge in [-0.2, -0.15) is 0 Å². The van der Waals surface area contributed by atoms with Crippen molar-refractivity contribution in [2.24, 2.45) is 11.8 Å². The molecule has 4 heteroatoms. The number of carbonyl (C=O) groups is 1. The van der Waals surface area contributed by atoms with Gasteiger partial charge in [0.05, 0.1) is 0 Å². The van der Waals surface area contributed by atoms with Crippen LogP contribution in [0.5, 0.6) is 0 Å². The summed E-state index contributed by atoms with van der Waals surface area (Å²) in [6.07, 6.45) is 7.63. The zero-order valence-corrected chi connectivity index (χ0v) is 13.7. The molecule has 0 radical (unpaired) electrons. The number of nitrogens with one attached hydrogen (secondary N) is 1. The number of piperidine rings is 2. The Morgan fingerprint density at radius 1 is 1.05 bits per heavy atom. The summed E-state index contributed by atoms with van der Waals surface area (Å²) >= 11 is 0. The summed E-state index contributed by atoms with van der Waals surface area (Å²) in [7, 11) is 0. The Labute approximate surface area is 128 Å². The maximum atomic E-state index is 12.1. The fourth-order valence-electron chi connectivity index (χ4n) is 4.41. The van der Waals surface area contributed by atoms with Gasteiger partial charge in [0.2, 0.25) is 0 Å². The van der Waals surface area contributed by atoms with Crippen LogP contribution in [0.2, 0.25) is 0 Å². The fourth-order valence-corrected chi connectivity index (χ4v) is 4.41. The Bertz CT molecular complexity index is 383. The second-order valence-electron chi connectivity index (χ2n) is 8.09. The summed E-state index contributed by atoms with van der Waals surface area (Å²) in [5.41, 5.74) is -0.389. The molecular weight excluding hydrogens is 264 g/mol. The fraction of sp³-hybridized carbons (Fsp3) is 0.941. The number of hydrogen-bond acceptors (Lipinski definition) is 3. The lowest BCUT2D eigenvalue weighted by atomic mass is 9.76. The monoisotopic (exact) mass is 294 g/mol. The van der Waals surface area contributed by atoms with Crippen LogP contribution in [-0.2, 0) is 4.74 Å². The Hall–Kier alpha value is -0.770. The molecule has 3 fully saturated rings. The highest BCUT2D eigenvalue weighted by atomic mass is 16.6. The maximum absolute atomic E-state index is 12.1. The van der Waals surface area contributed by atoms with Crippen LogP contribution in [0.3, 0.4) is 0 Å². The molecule has 3 atom stereocenters. The molecule has 2 bridgehead atoms. The predicted molar refractivity (Wildman–Crippen MR) is 83.2 cm³/mol. The molecule has 0 aromatic heterocycles. The summed E-state index contributed by atoms with van der Waals surface area (Å²) < 4.78 is 5.48. The van der Waals surface area contributed by atoms with Crippen LogP contribution in [0.15, 0.2) is 0 Å². The molecule has 0 saturated carbocycles. The molecule has 4 nitrogen and oxygen atoms in total. The third-order valence-electron chi connectivity index (χ3n) is 5.44. The van der Waals surface area contributed by atoms with Crippen molar-refractivity contribution in [2.75, 3.05) is 13.1 Å². The largest absolute Gasteiger partial charge is 0.444 e. The molecule has 0 aromatic rings. The van der Waals surface area contributed by atoms with E-state index < -0.39 is 0 Å². The molecule has 3 aliphatic rings. The first-order valence-corrected chi connectivity index (χ1v) is 8.66. The van der Waals surface area contributed by atoms with Crippen molar-refractivity contribution < 1.29 is 9.53 Å². The van der Waals surface area contributed by atoms with Gasteiger partial charge in [-0.15, -0.1) is 0 Å². The number of rotatable bonds is 1. The molecule has 0 aromatic carbocycles. The van der Waals surface area contributed by atoms with Gasteiger partial charge in [0, 0.05) is 25.2 Å². The Morgan fingerprint density at radius 2 is 1.71 bits per heavy atom. The summed E-state index contributed by atoms with van der Waals surface area (Å²) in [6, 6.07) is 1.55. The van der Waals surface area contributed by atoms with Crippen molar-refractivity contribution in [3.63, 3.8) is 0 Å². The molecule has 120 valence electrons. The Morgan fingerprint density at radius 3 is 2.38 bits per heavy atom. The summed E-state index contributed by atoms with van der Waals surface area (Å²) in [5.74, 6) is 1.63. The van der Waals surface area contributed by atoms with Crippen molar-refractivity contribution in [3.05, 3.63) is 0 Å². The first-order valence-electron chi connectivity index (χ1n) is 8.66. The molecule has 0 spiro atoms. The van der Waals surface area contributed by atoms with E-state index in [1.54, 1.807) is 0 Å².